The first kappa shape index (κ1) is 22.3. The quantitative estimate of drug-likeness (QED) is 0.454. The lowest BCUT2D eigenvalue weighted by molar-refractivity contribution is 0.218. The first-order chi connectivity index (χ1) is 16.0. The highest BCUT2D eigenvalue weighted by Crippen LogP contribution is 2.30. The molecule has 6 nitrogen and oxygen atoms in total. The molecule has 1 atom stereocenters. The van der Waals surface area contributed by atoms with Gasteiger partial charge in [-0.25, -0.2) is 4.39 Å². The Morgan fingerprint density at radius 1 is 1.09 bits per heavy atom. The van der Waals surface area contributed by atoms with Crippen molar-refractivity contribution < 1.29 is 9.13 Å². The van der Waals surface area contributed by atoms with Gasteiger partial charge in [0.25, 0.3) is 0 Å². The molecule has 1 fully saturated rings. The number of fused-ring (bicyclic) bond motifs is 1. The molecule has 0 amide bonds. The summed E-state index contributed by atoms with van der Waals surface area (Å²) in [5.41, 5.74) is 9.50. The largest absolute Gasteiger partial charge is 0.463 e. The molecule has 0 spiro atoms. The number of halogens is 2. The monoisotopic (exact) mass is 513 g/mol. The Hall–Kier alpha value is -2.45. The van der Waals surface area contributed by atoms with Crippen molar-refractivity contribution in [3.63, 3.8) is 0 Å². The number of hydrogen-bond donors (Lipinski definition) is 1. The molecule has 2 aromatic heterocycles. The lowest BCUT2D eigenvalue weighted by Gasteiger charge is -2.18. The summed E-state index contributed by atoms with van der Waals surface area (Å²) in [6.07, 6.45) is 6.19. The molecule has 0 bridgehead atoms. The van der Waals surface area contributed by atoms with E-state index in [9.17, 15) is 4.39 Å². The van der Waals surface area contributed by atoms with E-state index in [0.717, 1.165) is 28.6 Å². The van der Waals surface area contributed by atoms with E-state index in [1.807, 2.05) is 6.07 Å². The van der Waals surface area contributed by atoms with Crippen molar-refractivity contribution in [3.05, 3.63) is 58.0 Å². The third-order valence-corrected chi connectivity index (χ3v) is 7.25. The van der Waals surface area contributed by atoms with Crippen molar-refractivity contribution in [3.8, 4) is 6.01 Å². The van der Waals surface area contributed by atoms with E-state index in [1.54, 1.807) is 6.08 Å². The van der Waals surface area contributed by atoms with Crippen LogP contribution in [0.15, 0.2) is 46.8 Å². The van der Waals surface area contributed by atoms with Crippen LogP contribution in [-0.4, -0.2) is 39.1 Å². The Balaban J connectivity index is 1.31. The Kier molecular flexibility index (Phi) is 6.64. The van der Waals surface area contributed by atoms with Gasteiger partial charge in [0.2, 0.25) is 0 Å². The molecule has 1 saturated heterocycles. The van der Waals surface area contributed by atoms with Crippen molar-refractivity contribution in [2.75, 3.05) is 25.4 Å². The highest BCUT2D eigenvalue weighted by molar-refractivity contribution is 9.10. The predicted molar refractivity (Wildman–Crippen MR) is 132 cm³/mol. The third-order valence-electron chi connectivity index (χ3n) is 6.59. The van der Waals surface area contributed by atoms with E-state index in [0.29, 0.717) is 31.8 Å². The van der Waals surface area contributed by atoms with Crippen LogP contribution in [0.4, 0.5) is 10.2 Å². The molecule has 5 rings (SSSR count). The second-order valence-electron chi connectivity index (χ2n) is 9.08. The van der Waals surface area contributed by atoms with Gasteiger partial charge in [-0.15, -0.1) is 0 Å². The maximum atomic E-state index is 13.3. The molecule has 0 radical (unpaired) electrons. The zero-order chi connectivity index (χ0) is 22.8. The molecule has 2 N–H and O–H groups in total. The molecular weight excluding hydrogens is 485 g/mol. The molecule has 3 heterocycles. The molecule has 3 aromatic rings. The van der Waals surface area contributed by atoms with Gasteiger partial charge in [-0.2, -0.15) is 9.97 Å². The van der Waals surface area contributed by atoms with Gasteiger partial charge in [0.15, 0.2) is 5.65 Å². The van der Waals surface area contributed by atoms with E-state index in [1.165, 1.54) is 37.1 Å². The van der Waals surface area contributed by atoms with Crippen LogP contribution in [0, 0.1) is 5.92 Å². The molecule has 1 aliphatic heterocycles. The SMILES string of the molecule is Nc1nc(OCC2CC=C(F)CC2)nc2c1cc(Br)n2Cc1ccc(CN2CCCC2)cc1. The number of hydrogen-bond acceptors (Lipinski definition) is 5. The zero-order valence-corrected chi connectivity index (χ0v) is 20.2. The highest BCUT2D eigenvalue weighted by Gasteiger charge is 2.18. The Labute approximate surface area is 201 Å². The smallest absolute Gasteiger partial charge is 0.320 e. The molecule has 2 aliphatic rings. The van der Waals surface area contributed by atoms with Crippen molar-refractivity contribution in [1.82, 2.24) is 19.4 Å². The number of rotatable bonds is 7. The van der Waals surface area contributed by atoms with Gasteiger partial charge < -0.3 is 15.0 Å². The summed E-state index contributed by atoms with van der Waals surface area (Å²) in [6, 6.07) is 11.0. The standard InChI is InChI=1S/C25H29BrFN5O/c26-22-13-21-23(28)29-25(33-16-19-7-9-20(27)10-8-19)30-24(21)32(22)15-18-5-3-17(4-6-18)14-31-11-1-2-12-31/h3-6,9,13,19H,1-2,7-8,10-12,14-16H2,(H2,28,29,30). The van der Waals surface area contributed by atoms with Crippen LogP contribution < -0.4 is 10.5 Å². The topological polar surface area (TPSA) is 69.2 Å². The minimum Gasteiger partial charge on any atom is -0.463 e. The predicted octanol–water partition coefficient (Wildman–Crippen LogP) is 5.45. The van der Waals surface area contributed by atoms with Gasteiger partial charge in [0.05, 0.1) is 29.0 Å². The number of nitrogens with two attached hydrogens (primary N) is 1. The summed E-state index contributed by atoms with van der Waals surface area (Å²) in [6.45, 7) is 4.53. The van der Waals surface area contributed by atoms with Gasteiger partial charge >= 0.3 is 6.01 Å². The molecule has 8 heteroatoms. The molecule has 1 unspecified atom stereocenters. The van der Waals surface area contributed by atoms with Gasteiger partial charge in [0, 0.05) is 6.54 Å². The summed E-state index contributed by atoms with van der Waals surface area (Å²) in [7, 11) is 0. The fourth-order valence-electron chi connectivity index (χ4n) is 4.64. The van der Waals surface area contributed by atoms with Crippen molar-refractivity contribution in [2.45, 2.75) is 45.2 Å². The van der Waals surface area contributed by atoms with Crippen LogP contribution in [0.3, 0.4) is 0 Å². The molecule has 0 saturated carbocycles. The minimum atomic E-state index is -0.0279. The lowest BCUT2D eigenvalue weighted by Crippen LogP contribution is -2.18. The molecule has 33 heavy (non-hydrogen) atoms. The maximum absolute atomic E-state index is 13.3. The van der Waals surface area contributed by atoms with Crippen molar-refractivity contribution in [2.24, 2.45) is 5.92 Å². The molecule has 174 valence electrons. The van der Waals surface area contributed by atoms with Crippen LogP contribution >= 0.6 is 15.9 Å². The fourth-order valence-corrected chi connectivity index (χ4v) is 5.17. The van der Waals surface area contributed by atoms with E-state index in [-0.39, 0.29) is 17.8 Å². The van der Waals surface area contributed by atoms with Crippen LogP contribution in [0.2, 0.25) is 0 Å². The van der Waals surface area contributed by atoms with Crippen LogP contribution in [-0.2, 0) is 13.1 Å². The number of aromatic nitrogens is 3. The number of likely N-dealkylation sites (tertiary alicyclic amines) is 1. The molecular formula is C25H29BrFN5O. The van der Waals surface area contributed by atoms with Crippen LogP contribution in [0.5, 0.6) is 6.01 Å². The second kappa shape index (κ2) is 9.81. The van der Waals surface area contributed by atoms with Crippen molar-refractivity contribution in [1.29, 1.82) is 0 Å². The number of nitrogens with zero attached hydrogens (tertiary/aromatic N) is 4. The maximum Gasteiger partial charge on any atom is 0.320 e. The minimum absolute atomic E-state index is 0.0279. The van der Waals surface area contributed by atoms with Crippen LogP contribution in [0.25, 0.3) is 11.0 Å². The average molecular weight is 514 g/mol. The first-order valence-electron chi connectivity index (χ1n) is 11.6. The number of nitrogen functional groups attached to an aromatic ring is 1. The summed E-state index contributed by atoms with van der Waals surface area (Å²) in [4.78, 5) is 11.5. The summed E-state index contributed by atoms with van der Waals surface area (Å²) < 4.78 is 22.1. The third kappa shape index (κ3) is 5.22. The van der Waals surface area contributed by atoms with Crippen molar-refractivity contribution >= 4 is 32.8 Å². The van der Waals surface area contributed by atoms with Gasteiger partial charge in [0.1, 0.15) is 5.82 Å². The average Bonchev–Trinajstić information content (AvgIpc) is 3.43. The summed E-state index contributed by atoms with van der Waals surface area (Å²) in [5.74, 6) is 0.632. The summed E-state index contributed by atoms with van der Waals surface area (Å²) >= 11 is 3.66. The van der Waals surface area contributed by atoms with Gasteiger partial charge in [-0.3, -0.25) is 4.90 Å². The normalized spacial score (nSPS) is 19.2. The number of anilines is 1. The highest BCUT2D eigenvalue weighted by atomic mass is 79.9. The van der Waals surface area contributed by atoms with E-state index in [2.05, 4.69) is 59.6 Å². The second-order valence-corrected chi connectivity index (χ2v) is 9.90. The molecule has 1 aromatic carbocycles. The first-order valence-corrected chi connectivity index (χ1v) is 12.4. The zero-order valence-electron chi connectivity index (χ0n) is 18.6. The Morgan fingerprint density at radius 2 is 1.82 bits per heavy atom. The van der Waals surface area contributed by atoms with E-state index in [4.69, 9.17) is 10.5 Å². The molecule has 1 aliphatic carbocycles. The van der Waals surface area contributed by atoms with E-state index >= 15 is 0 Å². The number of benzene rings is 1. The lowest BCUT2D eigenvalue weighted by atomic mass is 9.95. The van der Waals surface area contributed by atoms with Gasteiger partial charge in [-0.1, -0.05) is 30.3 Å². The fraction of sp³-hybridized carbons (Fsp3) is 0.440. The van der Waals surface area contributed by atoms with Gasteiger partial charge in [-0.05, 0) is 84.2 Å². The summed E-state index contributed by atoms with van der Waals surface area (Å²) in [5, 5.41) is 0.794. The Bertz CT molecular complexity index is 1150. The van der Waals surface area contributed by atoms with E-state index < -0.39 is 0 Å². The Morgan fingerprint density at radius 3 is 2.52 bits per heavy atom. The number of ether oxygens (including phenoxy) is 1. The number of allylic oxidation sites excluding steroid dienone is 2. The van der Waals surface area contributed by atoms with Crippen LogP contribution in [0.1, 0.15) is 43.2 Å².